The van der Waals surface area contributed by atoms with Gasteiger partial charge in [0, 0.05) is 17.0 Å². The Hall–Kier alpha value is -0.940. The highest BCUT2D eigenvalue weighted by molar-refractivity contribution is 6.30. The predicted octanol–water partition coefficient (Wildman–Crippen LogP) is 4.65. The third-order valence-corrected chi connectivity index (χ3v) is 4.72. The average Bonchev–Trinajstić information content (AvgIpc) is 2.39. The fraction of sp³-hybridized carbons (Fsp3) is 0.600. The van der Waals surface area contributed by atoms with E-state index in [1.54, 1.807) is 18.2 Å². The first-order valence-electron chi connectivity index (χ1n) is 7.02. The van der Waals surface area contributed by atoms with Crippen molar-refractivity contribution in [2.24, 2.45) is 5.92 Å². The smallest absolute Gasteiger partial charge is 0.391 e. The van der Waals surface area contributed by atoms with Crippen molar-refractivity contribution in [2.45, 2.75) is 50.0 Å². The highest BCUT2D eigenvalue weighted by Gasteiger charge is 2.51. The molecular weight excluding hydrogens is 305 g/mol. The van der Waals surface area contributed by atoms with Crippen LogP contribution in [0.3, 0.4) is 0 Å². The van der Waals surface area contributed by atoms with Gasteiger partial charge in [-0.05, 0) is 43.9 Å². The van der Waals surface area contributed by atoms with Gasteiger partial charge in [-0.25, -0.2) is 0 Å². The highest BCUT2D eigenvalue weighted by Crippen LogP contribution is 2.50. The van der Waals surface area contributed by atoms with E-state index in [1.807, 2.05) is 0 Å². The van der Waals surface area contributed by atoms with Gasteiger partial charge in [-0.15, -0.1) is 0 Å². The van der Waals surface area contributed by atoms with Gasteiger partial charge in [0.15, 0.2) is 0 Å². The number of halogens is 4. The Morgan fingerprint density at radius 3 is 2.76 bits per heavy atom. The van der Waals surface area contributed by atoms with Crippen LogP contribution in [0.4, 0.5) is 13.2 Å². The second kappa shape index (κ2) is 5.06. The number of benzene rings is 1. The maximum Gasteiger partial charge on any atom is 0.391 e. The van der Waals surface area contributed by atoms with Crippen LogP contribution in [0.15, 0.2) is 18.2 Å². The van der Waals surface area contributed by atoms with Crippen molar-refractivity contribution in [3.8, 4) is 5.75 Å². The second-order valence-electron chi connectivity index (χ2n) is 6.02. The minimum atomic E-state index is -4.21. The largest absolute Gasteiger partial charge is 0.487 e. The number of hydrogen-bond acceptors (Lipinski definition) is 2. The monoisotopic (exact) mass is 320 g/mol. The standard InChI is InChI=1S/C15H16ClF3O2/c16-10-3-4-13-11(6-10)12(20)8-14(21-13)5-1-2-9(7-14)15(17,18)19/h3-4,6,9,12,20H,1-2,5,7-8H2/t9?,12-,14?/m0/s1. The lowest BCUT2D eigenvalue weighted by molar-refractivity contribution is -0.201. The van der Waals surface area contributed by atoms with Gasteiger partial charge < -0.3 is 9.84 Å². The van der Waals surface area contributed by atoms with E-state index in [0.717, 1.165) is 0 Å². The summed E-state index contributed by atoms with van der Waals surface area (Å²) in [4.78, 5) is 0. The van der Waals surface area contributed by atoms with Gasteiger partial charge in [-0.1, -0.05) is 11.6 Å². The number of alkyl halides is 3. The third-order valence-electron chi connectivity index (χ3n) is 4.49. The molecule has 6 heteroatoms. The maximum absolute atomic E-state index is 13.0. The lowest BCUT2D eigenvalue weighted by Gasteiger charge is -2.45. The summed E-state index contributed by atoms with van der Waals surface area (Å²) in [5.41, 5.74) is -0.360. The predicted molar refractivity (Wildman–Crippen MR) is 72.4 cm³/mol. The van der Waals surface area contributed by atoms with Crippen LogP contribution in [0.1, 0.15) is 43.8 Å². The van der Waals surface area contributed by atoms with Gasteiger partial charge >= 0.3 is 6.18 Å². The summed E-state index contributed by atoms with van der Waals surface area (Å²) in [5.74, 6) is -0.909. The van der Waals surface area contributed by atoms with Crippen molar-refractivity contribution >= 4 is 11.6 Å². The van der Waals surface area contributed by atoms with Crippen LogP contribution in [0.5, 0.6) is 5.75 Å². The third kappa shape index (κ3) is 2.86. The SMILES string of the molecule is O[C@H]1CC2(CCCC(C(F)(F)F)C2)Oc2ccc(Cl)cc21. The van der Waals surface area contributed by atoms with Gasteiger partial charge in [0.05, 0.1) is 12.0 Å². The van der Waals surface area contributed by atoms with E-state index < -0.39 is 23.8 Å². The molecule has 2 unspecified atom stereocenters. The molecule has 3 rings (SSSR count). The van der Waals surface area contributed by atoms with Gasteiger partial charge in [0.2, 0.25) is 0 Å². The summed E-state index contributed by atoms with van der Waals surface area (Å²) < 4.78 is 44.9. The van der Waals surface area contributed by atoms with Crippen LogP contribution < -0.4 is 4.74 Å². The molecule has 0 bridgehead atoms. The minimum absolute atomic E-state index is 0.0877. The maximum atomic E-state index is 13.0. The molecule has 0 amide bonds. The van der Waals surface area contributed by atoms with Crippen molar-refractivity contribution in [2.75, 3.05) is 0 Å². The topological polar surface area (TPSA) is 29.5 Å². The van der Waals surface area contributed by atoms with E-state index in [2.05, 4.69) is 0 Å². The van der Waals surface area contributed by atoms with Crippen LogP contribution in [0, 0.1) is 5.92 Å². The summed E-state index contributed by atoms with van der Waals surface area (Å²) in [7, 11) is 0. The normalized spacial score (nSPS) is 32.6. The van der Waals surface area contributed by atoms with Crippen LogP contribution in [0.25, 0.3) is 0 Å². The van der Waals surface area contributed by atoms with Crippen molar-refractivity contribution in [1.29, 1.82) is 0 Å². The molecule has 116 valence electrons. The van der Waals surface area contributed by atoms with Gasteiger partial charge in [-0.2, -0.15) is 13.2 Å². The molecule has 2 nitrogen and oxygen atoms in total. The first kappa shape index (κ1) is 15.0. The molecule has 0 radical (unpaired) electrons. The Kier molecular flexibility index (Phi) is 3.61. The van der Waals surface area contributed by atoms with Crippen LogP contribution >= 0.6 is 11.6 Å². The Labute approximate surface area is 125 Å². The highest BCUT2D eigenvalue weighted by atomic mass is 35.5. The van der Waals surface area contributed by atoms with Crippen molar-refractivity contribution in [3.05, 3.63) is 28.8 Å². The summed E-state index contributed by atoms with van der Waals surface area (Å²) in [6, 6.07) is 4.85. The summed E-state index contributed by atoms with van der Waals surface area (Å²) in [5, 5.41) is 10.7. The zero-order valence-corrected chi connectivity index (χ0v) is 12.0. The second-order valence-corrected chi connectivity index (χ2v) is 6.46. The van der Waals surface area contributed by atoms with Crippen LogP contribution in [0.2, 0.25) is 5.02 Å². The number of ether oxygens (including phenoxy) is 1. The minimum Gasteiger partial charge on any atom is -0.487 e. The van der Waals surface area contributed by atoms with Gasteiger partial charge in [0.25, 0.3) is 0 Å². The molecule has 1 N–H and O–H groups in total. The molecule has 1 heterocycles. The Bertz CT molecular complexity index is 546. The van der Waals surface area contributed by atoms with Gasteiger partial charge in [-0.3, -0.25) is 0 Å². The molecule has 1 aromatic rings. The van der Waals surface area contributed by atoms with Crippen molar-refractivity contribution in [3.63, 3.8) is 0 Å². The molecule has 0 aromatic heterocycles. The zero-order chi connectivity index (χ0) is 15.3. The summed E-state index contributed by atoms with van der Waals surface area (Å²) in [6.45, 7) is 0. The number of aliphatic hydroxyl groups is 1. The average molecular weight is 321 g/mol. The van der Waals surface area contributed by atoms with E-state index in [-0.39, 0.29) is 19.3 Å². The fourth-order valence-electron chi connectivity index (χ4n) is 3.49. The lowest BCUT2D eigenvalue weighted by Crippen LogP contribution is -2.47. The molecule has 1 aliphatic heterocycles. The summed E-state index contributed by atoms with van der Waals surface area (Å²) >= 11 is 5.89. The number of hydrogen-bond donors (Lipinski definition) is 1. The Morgan fingerprint density at radius 1 is 1.29 bits per heavy atom. The van der Waals surface area contributed by atoms with E-state index in [4.69, 9.17) is 16.3 Å². The number of fused-ring (bicyclic) bond motifs is 1. The number of rotatable bonds is 0. The molecule has 1 aliphatic carbocycles. The first-order chi connectivity index (χ1) is 9.79. The van der Waals surface area contributed by atoms with E-state index in [0.29, 0.717) is 29.2 Å². The fourth-order valence-corrected chi connectivity index (χ4v) is 3.67. The van der Waals surface area contributed by atoms with Crippen molar-refractivity contribution in [1.82, 2.24) is 0 Å². The molecule has 1 spiro atoms. The molecule has 3 atom stereocenters. The molecule has 1 aromatic carbocycles. The molecule has 2 aliphatic rings. The van der Waals surface area contributed by atoms with E-state index in [9.17, 15) is 18.3 Å². The summed E-state index contributed by atoms with van der Waals surface area (Å²) in [6.07, 6.45) is -3.80. The molecule has 0 saturated heterocycles. The molecule has 1 saturated carbocycles. The Balaban J connectivity index is 1.89. The van der Waals surface area contributed by atoms with Crippen molar-refractivity contribution < 1.29 is 23.0 Å². The zero-order valence-electron chi connectivity index (χ0n) is 11.3. The quantitative estimate of drug-likeness (QED) is 0.754. The van der Waals surface area contributed by atoms with E-state index in [1.165, 1.54) is 0 Å². The molecule has 1 fully saturated rings. The van der Waals surface area contributed by atoms with Crippen LogP contribution in [-0.2, 0) is 0 Å². The molecule has 21 heavy (non-hydrogen) atoms. The Morgan fingerprint density at radius 2 is 2.05 bits per heavy atom. The van der Waals surface area contributed by atoms with Gasteiger partial charge in [0.1, 0.15) is 11.4 Å². The lowest BCUT2D eigenvalue weighted by atomic mass is 9.73. The first-order valence-corrected chi connectivity index (χ1v) is 7.40. The van der Waals surface area contributed by atoms with Crippen LogP contribution in [-0.4, -0.2) is 16.9 Å². The number of aliphatic hydroxyl groups excluding tert-OH is 1. The molecular formula is C15H16ClF3O2. The van der Waals surface area contributed by atoms with E-state index >= 15 is 0 Å².